The summed E-state index contributed by atoms with van der Waals surface area (Å²) in [5.41, 5.74) is 1.43. The summed E-state index contributed by atoms with van der Waals surface area (Å²) in [6.07, 6.45) is 5.73. The van der Waals surface area contributed by atoms with Gasteiger partial charge >= 0.3 is 0 Å². The number of methoxy groups -OCH3 is 2. The van der Waals surface area contributed by atoms with Crippen LogP contribution >= 0.6 is 35.6 Å². The molecule has 1 fully saturated rings. The maximum atomic E-state index is 6.32. The molecule has 0 bridgehead atoms. The fourth-order valence-corrected chi connectivity index (χ4v) is 3.51. The molecule has 0 radical (unpaired) electrons. The molecule has 5 nitrogen and oxygen atoms in total. The van der Waals surface area contributed by atoms with Crippen molar-refractivity contribution < 1.29 is 9.47 Å². The quantitative estimate of drug-likeness (QED) is 0.281. The molecule has 0 saturated heterocycles. The van der Waals surface area contributed by atoms with Gasteiger partial charge in [-0.15, -0.1) is 24.0 Å². The van der Waals surface area contributed by atoms with Gasteiger partial charge in [0.15, 0.2) is 5.96 Å². The molecular formula is C20H33ClIN3O2. The maximum absolute atomic E-state index is 6.32. The van der Waals surface area contributed by atoms with Crippen molar-refractivity contribution in [2.24, 2.45) is 10.4 Å². The van der Waals surface area contributed by atoms with Gasteiger partial charge in [0.05, 0.1) is 7.11 Å². The van der Waals surface area contributed by atoms with Crippen molar-refractivity contribution in [3.8, 4) is 5.75 Å². The van der Waals surface area contributed by atoms with Crippen LogP contribution in [-0.2, 0) is 11.2 Å². The lowest BCUT2D eigenvalue weighted by Crippen LogP contribution is -2.41. The minimum atomic E-state index is 0. The van der Waals surface area contributed by atoms with Gasteiger partial charge in [-0.3, -0.25) is 4.99 Å². The van der Waals surface area contributed by atoms with Crippen LogP contribution < -0.4 is 15.4 Å². The van der Waals surface area contributed by atoms with Gasteiger partial charge in [0, 0.05) is 38.4 Å². The summed E-state index contributed by atoms with van der Waals surface area (Å²) in [4.78, 5) is 4.83. The van der Waals surface area contributed by atoms with Gasteiger partial charge in [-0.05, 0) is 55.7 Å². The van der Waals surface area contributed by atoms with Crippen LogP contribution in [0.3, 0.4) is 0 Å². The van der Waals surface area contributed by atoms with E-state index in [9.17, 15) is 0 Å². The van der Waals surface area contributed by atoms with Gasteiger partial charge in [0.1, 0.15) is 5.75 Å². The smallest absolute Gasteiger partial charge is 0.191 e. The Morgan fingerprint density at radius 3 is 2.59 bits per heavy atom. The van der Waals surface area contributed by atoms with Crippen LogP contribution in [0.1, 0.15) is 38.2 Å². The summed E-state index contributed by atoms with van der Waals surface area (Å²) >= 11 is 6.32. The van der Waals surface area contributed by atoms with Crippen LogP contribution in [-0.4, -0.2) is 46.4 Å². The molecule has 0 heterocycles. The second-order valence-corrected chi connectivity index (χ2v) is 7.33. The zero-order chi connectivity index (χ0) is 18.8. The number of aliphatic imine (C=N–C) groups is 1. The second-order valence-electron chi connectivity index (χ2n) is 6.93. The Morgan fingerprint density at radius 1 is 1.26 bits per heavy atom. The molecule has 0 atom stereocenters. The zero-order valence-corrected chi connectivity index (χ0v) is 19.7. The molecule has 7 heteroatoms. The molecule has 0 amide bonds. The van der Waals surface area contributed by atoms with Gasteiger partial charge in [0.25, 0.3) is 0 Å². The molecule has 1 saturated carbocycles. The number of hydrogen-bond acceptors (Lipinski definition) is 3. The lowest BCUT2D eigenvalue weighted by atomic mass is 9.67. The van der Waals surface area contributed by atoms with Crippen LogP contribution in [0.15, 0.2) is 23.2 Å². The van der Waals surface area contributed by atoms with Gasteiger partial charge in [-0.2, -0.15) is 0 Å². The molecule has 1 aliphatic rings. The van der Waals surface area contributed by atoms with Crippen LogP contribution in [0.5, 0.6) is 5.75 Å². The van der Waals surface area contributed by atoms with Crippen molar-refractivity contribution in [2.75, 3.05) is 40.5 Å². The number of ether oxygens (including phenoxy) is 2. The lowest BCUT2D eigenvalue weighted by Gasteiger charge is -2.40. The average molecular weight is 510 g/mol. The Balaban J connectivity index is 0.00000364. The topological polar surface area (TPSA) is 54.9 Å². The number of hydrogen-bond donors (Lipinski definition) is 2. The highest BCUT2D eigenvalue weighted by atomic mass is 127. The van der Waals surface area contributed by atoms with E-state index in [1.165, 1.54) is 19.3 Å². The Morgan fingerprint density at radius 2 is 2.04 bits per heavy atom. The Kier molecular flexibility index (Phi) is 11.4. The SMILES string of the molecule is CCNC(=NCC1(CCOC)CCC1)NCCc1ccc(OC)cc1Cl.I. The maximum Gasteiger partial charge on any atom is 0.191 e. The fourth-order valence-electron chi connectivity index (χ4n) is 3.24. The van der Waals surface area contributed by atoms with E-state index in [-0.39, 0.29) is 24.0 Å². The second kappa shape index (κ2) is 12.7. The molecule has 0 spiro atoms. The first-order chi connectivity index (χ1) is 12.6. The number of benzene rings is 1. The summed E-state index contributed by atoms with van der Waals surface area (Å²) < 4.78 is 10.5. The van der Waals surface area contributed by atoms with E-state index in [0.29, 0.717) is 5.41 Å². The number of nitrogens with zero attached hydrogens (tertiary/aromatic N) is 1. The number of guanidine groups is 1. The number of rotatable bonds is 10. The third kappa shape index (κ3) is 7.66. The van der Waals surface area contributed by atoms with E-state index in [4.69, 9.17) is 26.1 Å². The summed E-state index contributed by atoms with van der Waals surface area (Å²) in [6, 6.07) is 5.81. The van der Waals surface area contributed by atoms with Gasteiger partial charge in [0.2, 0.25) is 0 Å². The van der Waals surface area contributed by atoms with Crippen LogP contribution in [0.4, 0.5) is 0 Å². The average Bonchev–Trinajstić information content (AvgIpc) is 2.61. The van der Waals surface area contributed by atoms with Gasteiger partial charge in [-0.1, -0.05) is 24.1 Å². The molecule has 1 aromatic rings. The molecule has 154 valence electrons. The van der Waals surface area contributed by atoms with Crippen LogP contribution in [0, 0.1) is 5.41 Å². The summed E-state index contributed by atoms with van der Waals surface area (Å²) in [7, 11) is 3.42. The first-order valence-electron chi connectivity index (χ1n) is 9.46. The van der Waals surface area contributed by atoms with Crippen LogP contribution in [0.25, 0.3) is 0 Å². The van der Waals surface area contributed by atoms with E-state index < -0.39 is 0 Å². The van der Waals surface area contributed by atoms with E-state index in [1.54, 1.807) is 14.2 Å². The summed E-state index contributed by atoms with van der Waals surface area (Å²) in [5, 5.41) is 7.49. The molecule has 1 aliphatic carbocycles. The molecular weight excluding hydrogens is 477 g/mol. The van der Waals surface area contributed by atoms with Crippen molar-refractivity contribution in [1.82, 2.24) is 10.6 Å². The zero-order valence-electron chi connectivity index (χ0n) is 16.6. The van der Waals surface area contributed by atoms with E-state index >= 15 is 0 Å². The minimum absolute atomic E-state index is 0. The van der Waals surface area contributed by atoms with Gasteiger partial charge < -0.3 is 20.1 Å². The molecule has 2 N–H and O–H groups in total. The third-order valence-corrected chi connectivity index (χ3v) is 5.47. The Hall–Kier alpha value is -0.730. The standard InChI is InChI=1S/C20H32ClN3O2.HI/c1-4-22-19(24-15-20(9-5-10-20)11-13-25-2)23-12-8-16-6-7-17(26-3)14-18(16)21;/h6-7,14H,4-5,8-13,15H2,1-3H3,(H2,22,23,24);1H. The monoisotopic (exact) mass is 509 g/mol. The van der Waals surface area contributed by atoms with Gasteiger partial charge in [-0.25, -0.2) is 0 Å². The third-order valence-electron chi connectivity index (χ3n) is 5.11. The largest absolute Gasteiger partial charge is 0.497 e. The number of halogens is 2. The first kappa shape index (κ1) is 24.3. The summed E-state index contributed by atoms with van der Waals surface area (Å²) in [6.45, 7) is 5.38. The summed E-state index contributed by atoms with van der Waals surface area (Å²) in [5.74, 6) is 1.66. The highest BCUT2D eigenvalue weighted by Crippen LogP contribution is 2.44. The highest BCUT2D eigenvalue weighted by molar-refractivity contribution is 14.0. The van der Waals surface area contributed by atoms with E-state index in [2.05, 4.69) is 17.6 Å². The minimum Gasteiger partial charge on any atom is -0.497 e. The molecule has 2 rings (SSSR count). The predicted octanol–water partition coefficient (Wildman–Crippen LogP) is 4.27. The van der Waals surface area contributed by atoms with Crippen molar-refractivity contribution in [3.63, 3.8) is 0 Å². The van der Waals surface area contributed by atoms with E-state index in [0.717, 1.165) is 61.4 Å². The number of nitrogens with one attached hydrogen (secondary N) is 2. The normalized spacial score (nSPS) is 15.5. The lowest BCUT2D eigenvalue weighted by molar-refractivity contribution is 0.0778. The molecule has 1 aromatic carbocycles. The van der Waals surface area contributed by atoms with Crippen molar-refractivity contribution in [3.05, 3.63) is 28.8 Å². The van der Waals surface area contributed by atoms with Crippen LogP contribution in [0.2, 0.25) is 5.02 Å². The molecule has 0 aromatic heterocycles. The molecule has 0 aliphatic heterocycles. The Labute approximate surface area is 185 Å². The van der Waals surface area contributed by atoms with Crippen molar-refractivity contribution in [2.45, 2.75) is 39.0 Å². The predicted molar refractivity (Wildman–Crippen MR) is 124 cm³/mol. The fraction of sp³-hybridized carbons (Fsp3) is 0.650. The molecule has 0 unspecified atom stereocenters. The highest BCUT2D eigenvalue weighted by Gasteiger charge is 2.36. The first-order valence-corrected chi connectivity index (χ1v) is 9.84. The Bertz CT molecular complexity index is 595. The van der Waals surface area contributed by atoms with Crippen molar-refractivity contribution in [1.29, 1.82) is 0 Å². The molecule has 27 heavy (non-hydrogen) atoms. The van der Waals surface area contributed by atoms with Crippen molar-refractivity contribution >= 4 is 41.5 Å². The van der Waals surface area contributed by atoms with E-state index in [1.807, 2.05) is 18.2 Å².